The molecule has 34 heavy (non-hydrogen) atoms. The molecule has 1 aromatic heterocycles. The number of benzene rings is 4. The Balaban J connectivity index is 1.44. The summed E-state index contributed by atoms with van der Waals surface area (Å²) in [4.78, 5) is 15.7. The van der Waals surface area contributed by atoms with Gasteiger partial charge in [-0.3, -0.25) is 4.79 Å². The average molecular weight is 445 g/mol. The van der Waals surface area contributed by atoms with E-state index in [0.29, 0.717) is 18.7 Å². The molecule has 0 unspecified atom stereocenters. The van der Waals surface area contributed by atoms with E-state index < -0.39 is 0 Å². The van der Waals surface area contributed by atoms with E-state index in [9.17, 15) is 4.79 Å². The number of hydrogen-bond acceptors (Lipinski definition) is 1. The number of aromatic nitrogens is 1. The normalized spacial score (nSPS) is 11.0. The van der Waals surface area contributed by atoms with Crippen LogP contribution in [-0.2, 0) is 19.6 Å². The molecule has 0 aliphatic rings. The van der Waals surface area contributed by atoms with E-state index in [1.165, 1.54) is 11.1 Å². The number of carbonyl (C=O) groups excluding carboxylic acids is 1. The largest absolute Gasteiger partial charge is 0.345 e. The summed E-state index contributed by atoms with van der Waals surface area (Å²) in [5.74, 6) is 0.0395. The number of amides is 1. The maximum atomic E-state index is 13.7. The highest BCUT2D eigenvalue weighted by molar-refractivity contribution is 5.98. The fourth-order valence-electron chi connectivity index (χ4n) is 4.34. The van der Waals surface area contributed by atoms with Gasteiger partial charge in [0.25, 0.3) is 5.91 Å². The second-order valence-electron chi connectivity index (χ2n) is 8.82. The van der Waals surface area contributed by atoms with Crippen LogP contribution in [0, 0.1) is 6.92 Å². The SMILES string of the molecule is Cc1ccc(Cn2cccc2CN(Cc2ccccc2)C(=O)c2ccc3ccccc3c2)cc1. The Labute approximate surface area is 200 Å². The van der Waals surface area contributed by atoms with Gasteiger partial charge in [0, 0.05) is 30.5 Å². The van der Waals surface area contributed by atoms with Gasteiger partial charge >= 0.3 is 0 Å². The summed E-state index contributed by atoms with van der Waals surface area (Å²) in [5.41, 5.74) is 5.45. The fourth-order valence-corrected chi connectivity index (χ4v) is 4.34. The first-order valence-electron chi connectivity index (χ1n) is 11.7. The first-order chi connectivity index (χ1) is 16.7. The Morgan fingerprint density at radius 3 is 2.24 bits per heavy atom. The number of carbonyl (C=O) groups is 1. The minimum absolute atomic E-state index is 0.0395. The maximum absolute atomic E-state index is 13.7. The van der Waals surface area contributed by atoms with Crippen LogP contribution >= 0.6 is 0 Å². The molecule has 0 aliphatic carbocycles. The molecule has 0 aliphatic heterocycles. The van der Waals surface area contributed by atoms with Gasteiger partial charge in [-0.2, -0.15) is 0 Å². The highest BCUT2D eigenvalue weighted by atomic mass is 16.2. The van der Waals surface area contributed by atoms with Gasteiger partial charge in [-0.25, -0.2) is 0 Å². The molecule has 5 rings (SSSR count). The summed E-state index contributed by atoms with van der Waals surface area (Å²) in [6.45, 7) is 3.98. The second kappa shape index (κ2) is 9.80. The lowest BCUT2D eigenvalue weighted by atomic mass is 10.1. The third-order valence-electron chi connectivity index (χ3n) is 6.25. The summed E-state index contributed by atoms with van der Waals surface area (Å²) in [6, 6.07) is 37.1. The zero-order valence-corrected chi connectivity index (χ0v) is 19.4. The molecule has 0 saturated carbocycles. The molecular weight excluding hydrogens is 416 g/mol. The molecule has 3 nitrogen and oxygen atoms in total. The van der Waals surface area contributed by atoms with E-state index in [4.69, 9.17) is 0 Å². The Bertz CT molecular complexity index is 1400. The third kappa shape index (κ3) is 4.94. The lowest BCUT2D eigenvalue weighted by Crippen LogP contribution is -2.31. The molecule has 1 amide bonds. The van der Waals surface area contributed by atoms with Gasteiger partial charge in [-0.05, 0) is 53.1 Å². The summed E-state index contributed by atoms with van der Waals surface area (Å²) in [7, 11) is 0. The topological polar surface area (TPSA) is 25.2 Å². The average Bonchev–Trinajstić information content (AvgIpc) is 3.31. The van der Waals surface area contributed by atoms with Crippen LogP contribution < -0.4 is 0 Å². The summed E-state index contributed by atoms with van der Waals surface area (Å²) >= 11 is 0. The fraction of sp³-hybridized carbons (Fsp3) is 0.129. The predicted octanol–water partition coefficient (Wildman–Crippen LogP) is 6.84. The molecule has 5 aromatic rings. The van der Waals surface area contributed by atoms with E-state index in [2.05, 4.69) is 78.4 Å². The van der Waals surface area contributed by atoms with Crippen LogP contribution in [0.5, 0.6) is 0 Å². The van der Waals surface area contributed by atoms with E-state index in [1.54, 1.807) is 0 Å². The quantitative estimate of drug-likeness (QED) is 0.270. The van der Waals surface area contributed by atoms with Gasteiger partial charge in [-0.1, -0.05) is 90.5 Å². The monoisotopic (exact) mass is 444 g/mol. The van der Waals surface area contributed by atoms with Crippen molar-refractivity contribution in [2.75, 3.05) is 0 Å². The highest BCUT2D eigenvalue weighted by Gasteiger charge is 2.19. The third-order valence-corrected chi connectivity index (χ3v) is 6.25. The van der Waals surface area contributed by atoms with Crippen LogP contribution in [0.4, 0.5) is 0 Å². The summed E-state index contributed by atoms with van der Waals surface area (Å²) < 4.78 is 2.23. The molecule has 3 heteroatoms. The Kier molecular flexibility index (Phi) is 6.26. The molecule has 0 bridgehead atoms. The van der Waals surface area contributed by atoms with Crippen molar-refractivity contribution in [2.24, 2.45) is 0 Å². The molecular formula is C31H28N2O. The van der Waals surface area contributed by atoms with Crippen molar-refractivity contribution in [1.82, 2.24) is 9.47 Å². The van der Waals surface area contributed by atoms with E-state index in [1.807, 2.05) is 53.4 Å². The van der Waals surface area contributed by atoms with Gasteiger partial charge in [0.15, 0.2) is 0 Å². The van der Waals surface area contributed by atoms with Crippen LogP contribution in [0.2, 0.25) is 0 Å². The minimum Gasteiger partial charge on any atom is -0.345 e. The number of aryl methyl sites for hydroxylation is 1. The molecule has 168 valence electrons. The van der Waals surface area contributed by atoms with E-state index >= 15 is 0 Å². The summed E-state index contributed by atoms with van der Waals surface area (Å²) in [5, 5.41) is 2.22. The van der Waals surface area contributed by atoms with Crippen LogP contribution in [0.25, 0.3) is 10.8 Å². The van der Waals surface area contributed by atoms with Crippen molar-refractivity contribution in [1.29, 1.82) is 0 Å². The summed E-state index contributed by atoms with van der Waals surface area (Å²) in [6.07, 6.45) is 2.09. The first kappa shape index (κ1) is 21.7. The van der Waals surface area contributed by atoms with Crippen molar-refractivity contribution >= 4 is 16.7 Å². The molecule has 0 spiro atoms. The van der Waals surface area contributed by atoms with E-state index in [0.717, 1.165) is 28.6 Å². The number of rotatable bonds is 7. The van der Waals surface area contributed by atoms with Gasteiger partial charge in [0.2, 0.25) is 0 Å². The van der Waals surface area contributed by atoms with E-state index in [-0.39, 0.29) is 5.91 Å². The van der Waals surface area contributed by atoms with Gasteiger partial charge < -0.3 is 9.47 Å². The highest BCUT2D eigenvalue weighted by Crippen LogP contribution is 2.20. The smallest absolute Gasteiger partial charge is 0.254 e. The van der Waals surface area contributed by atoms with Crippen molar-refractivity contribution < 1.29 is 4.79 Å². The maximum Gasteiger partial charge on any atom is 0.254 e. The molecule has 0 fully saturated rings. The Hall–Kier alpha value is -4.11. The van der Waals surface area contributed by atoms with Gasteiger partial charge in [0.1, 0.15) is 0 Å². The van der Waals surface area contributed by atoms with Crippen molar-refractivity contribution in [3.8, 4) is 0 Å². The molecule has 0 saturated heterocycles. The zero-order chi connectivity index (χ0) is 23.3. The van der Waals surface area contributed by atoms with Gasteiger partial charge in [0.05, 0.1) is 6.54 Å². The minimum atomic E-state index is 0.0395. The lowest BCUT2D eigenvalue weighted by Gasteiger charge is -2.24. The van der Waals surface area contributed by atoms with Crippen LogP contribution in [-0.4, -0.2) is 15.4 Å². The standard InChI is InChI=1S/C31H28N2O/c1-24-13-15-26(16-14-24)21-32-19-7-12-30(32)23-33(22-25-8-3-2-4-9-25)31(34)29-18-17-27-10-5-6-11-28(27)20-29/h2-20H,21-23H2,1H3. The van der Waals surface area contributed by atoms with Gasteiger partial charge in [-0.15, -0.1) is 0 Å². The molecule has 4 aromatic carbocycles. The molecule has 1 heterocycles. The predicted molar refractivity (Wildman–Crippen MR) is 139 cm³/mol. The molecule has 0 atom stereocenters. The van der Waals surface area contributed by atoms with Crippen LogP contribution in [0.1, 0.15) is 32.7 Å². The first-order valence-corrected chi connectivity index (χ1v) is 11.7. The lowest BCUT2D eigenvalue weighted by molar-refractivity contribution is 0.0726. The van der Waals surface area contributed by atoms with Crippen molar-refractivity contribution in [3.63, 3.8) is 0 Å². The second-order valence-corrected chi connectivity index (χ2v) is 8.82. The molecule has 0 N–H and O–H groups in total. The molecule has 0 radical (unpaired) electrons. The van der Waals surface area contributed by atoms with Crippen LogP contribution in [0.15, 0.2) is 115 Å². The van der Waals surface area contributed by atoms with Crippen LogP contribution in [0.3, 0.4) is 0 Å². The zero-order valence-electron chi connectivity index (χ0n) is 19.4. The number of fused-ring (bicyclic) bond motifs is 1. The Morgan fingerprint density at radius 2 is 1.44 bits per heavy atom. The Morgan fingerprint density at radius 1 is 0.706 bits per heavy atom. The number of hydrogen-bond donors (Lipinski definition) is 0. The van der Waals surface area contributed by atoms with Crippen molar-refractivity contribution in [2.45, 2.75) is 26.6 Å². The van der Waals surface area contributed by atoms with Crippen molar-refractivity contribution in [3.05, 3.63) is 143 Å². The number of nitrogens with zero attached hydrogens (tertiary/aromatic N) is 2.